The summed E-state index contributed by atoms with van der Waals surface area (Å²) < 4.78 is 7.65. The van der Waals surface area contributed by atoms with Crippen molar-refractivity contribution in [3.8, 4) is 0 Å². The number of furan rings is 1. The van der Waals surface area contributed by atoms with Gasteiger partial charge in [-0.3, -0.25) is 14.7 Å². The Morgan fingerprint density at radius 2 is 1.96 bits per heavy atom. The van der Waals surface area contributed by atoms with Gasteiger partial charge >= 0.3 is 0 Å². The van der Waals surface area contributed by atoms with E-state index in [2.05, 4.69) is 14.5 Å². The molecule has 6 heteroatoms. The molecule has 2 aliphatic heterocycles. The van der Waals surface area contributed by atoms with Gasteiger partial charge in [0, 0.05) is 25.5 Å². The number of aromatic nitrogens is 2. The Kier molecular flexibility index (Phi) is 3.64. The molecule has 6 nitrogen and oxygen atoms in total. The molecule has 0 unspecified atom stereocenters. The van der Waals surface area contributed by atoms with Crippen LogP contribution in [0.25, 0.3) is 0 Å². The molecule has 0 aliphatic carbocycles. The number of pyridine rings is 1. The highest BCUT2D eigenvalue weighted by molar-refractivity contribution is 5.94. The van der Waals surface area contributed by atoms with E-state index in [1.54, 1.807) is 12.5 Å². The van der Waals surface area contributed by atoms with E-state index >= 15 is 0 Å². The molecule has 3 aromatic heterocycles. The molecule has 132 valence electrons. The van der Waals surface area contributed by atoms with Gasteiger partial charge in [-0.2, -0.15) is 0 Å². The minimum atomic E-state index is 0.0850. The van der Waals surface area contributed by atoms with E-state index in [0.717, 1.165) is 36.8 Å². The van der Waals surface area contributed by atoms with E-state index in [-0.39, 0.29) is 18.0 Å². The molecule has 0 bridgehead atoms. The Hall–Kier alpha value is -2.86. The van der Waals surface area contributed by atoms with Crippen molar-refractivity contribution in [1.29, 1.82) is 0 Å². The molecule has 5 heterocycles. The lowest BCUT2D eigenvalue weighted by atomic mass is 10.1. The summed E-state index contributed by atoms with van der Waals surface area (Å²) in [5.41, 5.74) is 1.69. The van der Waals surface area contributed by atoms with Crippen LogP contribution in [0.2, 0.25) is 0 Å². The molecule has 0 saturated carbocycles. The SMILES string of the molecule is O=C1c2cccn2[C@H]2CN(Cc3ccco3)C[C@H]2N1Cc1ccccn1. The molecule has 1 saturated heterocycles. The summed E-state index contributed by atoms with van der Waals surface area (Å²) in [6, 6.07) is 14.0. The largest absolute Gasteiger partial charge is 0.468 e. The molecule has 26 heavy (non-hydrogen) atoms. The van der Waals surface area contributed by atoms with Crippen LogP contribution in [0.5, 0.6) is 0 Å². The van der Waals surface area contributed by atoms with E-state index in [4.69, 9.17) is 4.42 Å². The van der Waals surface area contributed by atoms with Gasteiger partial charge in [-0.05, 0) is 36.4 Å². The van der Waals surface area contributed by atoms with Crippen LogP contribution in [0.15, 0.2) is 65.5 Å². The van der Waals surface area contributed by atoms with E-state index in [1.807, 2.05) is 53.6 Å². The first-order chi connectivity index (χ1) is 12.8. The number of hydrogen-bond donors (Lipinski definition) is 0. The number of carbonyl (C=O) groups excluding carboxylic acids is 1. The maximum Gasteiger partial charge on any atom is 0.271 e. The van der Waals surface area contributed by atoms with E-state index < -0.39 is 0 Å². The first-order valence-electron chi connectivity index (χ1n) is 8.92. The Morgan fingerprint density at radius 3 is 2.77 bits per heavy atom. The fraction of sp³-hybridized carbons (Fsp3) is 0.300. The third kappa shape index (κ3) is 2.54. The topological polar surface area (TPSA) is 54.5 Å². The van der Waals surface area contributed by atoms with Gasteiger partial charge in [0.05, 0.1) is 37.1 Å². The highest BCUT2D eigenvalue weighted by Crippen LogP contribution is 2.35. The number of rotatable bonds is 4. The van der Waals surface area contributed by atoms with Gasteiger partial charge in [-0.1, -0.05) is 6.07 Å². The summed E-state index contributed by atoms with van der Waals surface area (Å²) in [6.07, 6.45) is 5.51. The maximum atomic E-state index is 13.1. The molecule has 2 aliphatic rings. The van der Waals surface area contributed by atoms with Crippen molar-refractivity contribution in [3.05, 3.63) is 78.3 Å². The lowest BCUT2D eigenvalue weighted by molar-refractivity contribution is 0.0553. The molecular formula is C20H20N4O2. The minimum Gasteiger partial charge on any atom is -0.468 e. The van der Waals surface area contributed by atoms with Crippen LogP contribution in [-0.4, -0.2) is 44.4 Å². The average molecular weight is 348 g/mol. The zero-order valence-electron chi connectivity index (χ0n) is 14.4. The predicted molar refractivity (Wildman–Crippen MR) is 95.4 cm³/mol. The van der Waals surface area contributed by atoms with Gasteiger partial charge in [0.2, 0.25) is 0 Å². The Labute approximate surface area is 151 Å². The predicted octanol–water partition coefficient (Wildman–Crippen LogP) is 2.56. The molecule has 1 amide bonds. The summed E-state index contributed by atoms with van der Waals surface area (Å²) >= 11 is 0. The number of fused-ring (bicyclic) bond motifs is 3. The third-order valence-electron chi connectivity index (χ3n) is 5.37. The Morgan fingerprint density at radius 1 is 1.04 bits per heavy atom. The summed E-state index contributed by atoms with van der Waals surface area (Å²) in [5, 5.41) is 0. The molecule has 0 aromatic carbocycles. The maximum absolute atomic E-state index is 13.1. The zero-order valence-corrected chi connectivity index (χ0v) is 14.4. The third-order valence-corrected chi connectivity index (χ3v) is 5.37. The fourth-order valence-electron chi connectivity index (χ4n) is 4.20. The number of nitrogens with zero attached hydrogens (tertiary/aromatic N) is 4. The lowest BCUT2D eigenvalue weighted by Crippen LogP contribution is -2.49. The first-order valence-corrected chi connectivity index (χ1v) is 8.92. The Balaban J connectivity index is 1.45. The standard InChI is InChI=1S/C20H20N4O2/c25-20-17-7-3-9-23(17)18-13-22(12-16-6-4-10-26-16)14-19(18)24(20)11-15-5-1-2-8-21-15/h1-10,18-19H,11-14H2/t18-,19+/m0/s1. The van der Waals surface area contributed by atoms with Crippen LogP contribution in [-0.2, 0) is 13.1 Å². The Bertz CT molecular complexity index is 903. The van der Waals surface area contributed by atoms with Gasteiger partial charge in [0.15, 0.2) is 0 Å². The molecule has 0 N–H and O–H groups in total. The summed E-state index contributed by atoms with van der Waals surface area (Å²) in [6.45, 7) is 3.05. The smallest absolute Gasteiger partial charge is 0.271 e. The number of amides is 1. The van der Waals surface area contributed by atoms with Crippen molar-refractivity contribution in [3.63, 3.8) is 0 Å². The van der Waals surface area contributed by atoms with Crippen molar-refractivity contribution in [1.82, 2.24) is 19.4 Å². The van der Waals surface area contributed by atoms with Crippen molar-refractivity contribution in [2.45, 2.75) is 25.2 Å². The van der Waals surface area contributed by atoms with E-state index in [1.165, 1.54) is 0 Å². The van der Waals surface area contributed by atoms with Gasteiger partial charge in [0.1, 0.15) is 11.5 Å². The molecular weight excluding hydrogens is 328 g/mol. The molecule has 0 spiro atoms. The zero-order chi connectivity index (χ0) is 17.5. The number of likely N-dealkylation sites (tertiary alicyclic amines) is 1. The van der Waals surface area contributed by atoms with Crippen molar-refractivity contribution in [2.24, 2.45) is 0 Å². The highest BCUT2D eigenvalue weighted by atomic mass is 16.3. The molecule has 5 rings (SSSR count). The average Bonchev–Trinajstić information content (AvgIpc) is 3.40. The summed E-state index contributed by atoms with van der Waals surface area (Å²) in [7, 11) is 0. The molecule has 2 atom stereocenters. The lowest BCUT2D eigenvalue weighted by Gasteiger charge is -2.38. The van der Waals surface area contributed by atoms with Gasteiger partial charge in [-0.15, -0.1) is 0 Å². The van der Waals surface area contributed by atoms with Gasteiger partial charge in [-0.25, -0.2) is 0 Å². The number of hydrogen-bond acceptors (Lipinski definition) is 4. The fourth-order valence-corrected chi connectivity index (χ4v) is 4.20. The van der Waals surface area contributed by atoms with E-state index in [9.17, 15) is 4.79 Å². The minimum absolute atomic E-state index is 0.0850. The second kappa shape index (κ2) is 6.14. The van der Waals surface area contributed by atoms with Crippen molar-refractivity contribution in [2.75, 3.05) is 13.1 Å². The number of carbonyl (C=O) groups is 1. The van der Waals surface area contributed by atoms with Crippen LogP contribution in [0, 0.1) is 0 Å². The van der Waals surface area contributed by atoms with Crippen molar-refractivity contribution >= 4 is 5.91 Å². The monoisotopic (exact) mass is 348 g/mol. The van der Waals surface area contributed by atoms with Crippen LogP contribution in [0.1, 0.15) is 28.0 Å². The summed E-state index contributed by atoms with van der Waals surface area (Å²) in [5.74, 6) is 1.04. The van der Waals surface area contributed by atoms with Gasteiger partial charge < -0.3 is 13.9 Å². The summed E-state index contributed by atoms with van der Waals surface area (Å²) in [4.78, 5) is 21.9. The molecule has 3 aromatic rings. The second-order valence-electron chi connectivity index (χ2n) is 6.96. The van der Waals surface area contributed by atoms with Gasteiger partial charge in [0.25, 0.3) is 5.91 Å². The normalized spacial score (nSPS) is 22.5. The van der Waals surface area contributed by atoms with Crippen LogP contribution < -0.4 is 0 Å². The van der Waals surface area contributed by atoms with Crippen molar-refractivity contribution < 1.29 is 9.21 Å². The highest BCUT2D eigenvalue weighted by Gasteiger charge is 2.45. The van der Waals surface area contributed by atoms with Crippen LogP contribution in [0.4, 0.5) is 0 Å². The second-order valence-corrected chi connectivity index (χ2v) is 6.96. The van der Waals surface area contributed by atoms with Crippen LogP contribution >= 0.6 is 0 Å². The van der Waals surface area contributed by atoms with Crippen LogP contribution in [0.3, 0.4) is 0 Å². The quantitative estimate of drug-likeness (QED) is 0.727. The molecule has 1 fully saturated rings. The van der Waals surface area contributed by atoms with E-state index in [0.29, 0.717) is 6.54 Å². The first kappa shape index (κ1) is 15.4. The molecule has 0 radical (unpaired) electrons.